The van der Waals surface area contributed by atoms with Gasteiger partial charge in [-0.05, 0) is 60.9 Å². The van der Waals surface area contributed by atoms with Crippen molar-refractivity contribution in [3.05, 3.63) is 77.7 Å². The molecule has 1 N–H and O–H groups in total. The maximum absolute atomic E-state index is 13.8. The van der Waals surface area contributed by atoms with Crippen molar-refractivity contribution in [1.82, 2.24) is 5.32 Å². The first-order valence-corrected chi connectivity index (χ1v) is 11.8. The molecular weight excluding hydrogens is 489 g/mol. The lowest BCUT2D eigenvalue weighted by molar-refractivity contribution is -0.137. The Kier molecular flexibility index (Phi) is 7.75. The minimum Gasteiger partial charge on any atom is -0.493 e. The van der Waals surface area contributed by atoms with Crippen LogP contribution in [0.25, 0.3) is 0 Å². The number of carbonyl (C=O) groups is 2. The Morgan fingerprint density at radius 1 is 1.00 bits per heavy atom. The molecule has 1 aliphatic carbocycles. The minimum absolute atomic E-state index is 0.0998. The standard InChI is InChI=1S/C27H27F3N2O5/c1-35-21-13-12-17(15-23(21)36-2)24(25(33)31-19-8-3-4-9-19)32(26(34)22-11-6-14-37-22)20-10-5-7-18(16-20)27(28,29)30/h5-7,10-16,19,24H,3-4,8-9H2,1-2H3,(H,31,33). The molecule has 37 heavy (non-hydrogen) atoms. The molecule has 0 radical (unpaired) electrons. The van der Waals surface area contributed by atoms with Crippen LogP contribution in [0.3, 0.4) is 0 Å². The van der Waals surface area contributed by atoms with Gasteiger partial charge < -0.3 is 19.2 Å². The third kappa shape index (κ3) is 5.73. The summed E-state index contributed by atoms with van der Waals surface area (Å²) in [6.45, 7) is 0. The highest BCUT2D eigenvalue weighted by Gasteiger charge is 2.38. The Labute approximate surface area is 212 Å². The van der Waals surface area contributed by atoms with E-state index in [9.17, 15) is 22.8 Å². The van der Waals surface area contributed by atoms with Gasteiger partial charge >= 0.3 is 6.18 Å². The van der Waals surface area contributed by atoms with E-state index in [1.54, 1.807) is 12.1 Å². The van der Waals surface area contributed by atoms with Crippen LogP contribution in [0.5, 0.6) is 11.5 Å². The second kappa shape index (κ2) is 11.0. The fourth-order valence-electron chi connectivity index (χ4n) is 4.53. The molecule has 2 aromatic carbocycles. The van der Waals surface area contributed by atoms with Gasteiger partial charge in [0.1, 0.15) is 6.04 Å². The Morgan fingerprint density at radius 3 is 2.35 bits per heavy atom. The number of ether oxygens (including phenoxy) is 2. The molecule has 0 spiro atoms. The van der Waals surface area contributed by atoms with Gasteiger partial charge in [0.25, 0.3) is 5.91 Å². The number of hydrogen-bond donors (Lipinski definition) is 1. The Hall–Kier alpha value is -3.95. The molecule has 1 aromatic heterocycles. The van der Waals surface area contributed by atoms with Crippen molar-refractivity contribution >= 4 is 17.5 Å². The van der Waals surface area contributed by atoms with Crippen LogP contribution in [-0.4, -0.2) is 32.1 Å². The van der Waals surface area contributed by atoms with Crippen molar-refractivity contribution < 1.29 is 36.7 Å². The molecule has 3 aromatic rings. The smallest absolute Gasteiger partial charge is 0.416 e. The summed E-state index contributed by atoms with van der Waals surface area (Å²) in [6, 6.07) is 10.4. The molecule has 0 bridgehead atoms. The van der Waals surface area contributed by atoms with Crippen molar-refractivity contribution in [1.29, 1.82) is 0 Å². The summed E-state index contributed by atoms with van der Waals surface area (Å²) in [5.41, 5.74) is -0.743. The molecule has 1 fully saturated rings. The van der Waals surface area contributed by atoms with E-state index in [4.69, 9.17) is 13.9 Å². The molecule has 10 heteroatoms. The van der Waals surface area contributed by atoms with Gasteiger partial charge in [-0.15, -0.1) is 0 Å². The molecular formula is C27H27F3N2O5. The molecule has 196 valence electrons. The van der Waals surface area contributed by atoms with E-state index < -0.39 is 29.6 Å². The second-order valence-electron chi connectivity index (χ2n) is 8.71. The van der Waals surface area contributed by atoms with Gasteiger partial charge in [0.2, 0.25) is 5.91 Å². The number of halogens is 3. The Morgan fingerprint density at radius 2 is 1.73 bits per heavy atom. The van der Waals surface area contributed by atoms with Crippen LogP contribution < -0.4 is 19.7 Å². The molecule has 7 nitrogen and oxygen atoms in total. The number of furan rings is 1. The predicted octanol–water partition coefficient (Wildman–Crippen LogP) is 5.76. The summed E-state index contributed by atoms with van der Waals surface area (Å²) in [4.78, 5) is 28.5. The SMILES string of the molecule is COc1ccc(C(C(=O)NC2CCCC2)N(C(=O)c2ccco2)c2cccc(C(F)(F)F)c2)cc1OC. The zero-order valence-electron chi connectivity index (χ0n) is 20.4. The summed E-state index contributed by atoms with van der Waals surface area (Å²) in [5.74, 6) is -0.740. The van der Waals surface area contributed by atoms with Crippen molar-refractivity contribution in [3.8, 4) is 11.5 Å². The lowest BCUT2D eigenvalue weighted by Crippen LogP contribution is -2.46. The first-order valence-electron chi connectivity index (χ1n) is 11.8. The first-order chi connectivity index (χ1) is 17.7. The van der Waals surface area contributed by atoms with Gasteiger partial charge in [-0.1, -0.05) is 25.0 Å². The van der Waals surface area contributed by atoms with Crippen LogP contribution >= 0.6 is 0 Å². The summed E-state index contributed by atoms with van der Waals surface area (Å²) in [5, 5.41) is 2.98. The number of nitrogens with zero attached hydrogens (tertiary/aromatic N) is 1. The van der Waals surface area contributed by atoms with Gasteiger partial charge in [-0.2, -0.15) is 13.2 Å². The summed E-state index contributed by atoms with van der Waals surface area (Å²) >= 11 is 0. The third-order valence-corrected chi connectivity index (χ3v) is 6.33. The Bertz CT molecular complexity index is 1240. The molecule has 0 aliphatic heterocycles. The molecule has 1 aliphatic rings. The molecule has 1 unspecified atom stereocenters. The van der Waals surface area contributed by atoms with Crippen molar-refractivity contribution in [2.24, 2.45) is 0 Å². The monoisotopic (exact) mass is 516 g/mol. The number of anilines is 1. The lowest BCUT2D eigenvalue weighted by Gasteiger charge is -2.32. The van der Waals surface area contributed by atoms with Gasteiger partial charge in [0.05, 0.1) is 26.0 Å². The Balaban J connectivity index is 1.89. The van der Waals surface area contributed by atoms with Gasteiger partial charge in [-0.3, -0.25) is 14.5 Å². The zero-order valence-corrected chi connectivity index (χ0v) is 20.4. The average molecular weight is 517 g/mol. The highest BCUT2D eigenvalue weighted by Crippen LogP contribution is 2.38. The number of nitrogens with one attached hydrogen (secondary N) is 1. The summed E-state index contributed by atoms with van der Waals surface area (Å²) in [6.07, 6.45) is 0.0886. The van der Waals surface area contributed by atoms with Crippen LogP contribution in [-0.2, 0) is 11.0 Å². The molecule has 4 rings (SSSR count). The summed E-state index contributed by atoms with van der Waals surface area (Å²) < 4.78 is 56.8. The minimum atomic E-state index is -4.65. The maximum Gasteiger partial charge on any atom is 0.416 e. The maximum atomic E-state index is 13.8. The number of benzene rings is 2. The van der Waals surface area contributed by atoms with Crippen LogP contribution in [0.4, 0.5) is 18.9 Å². The van der Waals surface area contributed by atoms with E-state index >= 15 is 0 Å². The average Bonchev–Trinajstić information content (AvgIpc) is 3.61. The number of methoxy groups -OCH3 is 2. The molecule has 0 saturated heterocycles. The van der Waals surface area contributed by atoms with Crippen LogP contribution in [0, 0.1) is 0 Å². The van der Waals surface area contributed by atoms with Crippen LogP contribution in [0.1, 0.15) is 53.4 Å². The second-order valence-corrected chi connectivity index (χ2v) is 8.71. The topological polar surface area (TPSA) is 81.0 Å². The van der Waals surface area contributed by atoms with Crippen LogP contribution in [0.2, 0.25) is 0 Å². The lowest BCUT2D eigenvalue weighted by atomic mass is 10.0. The highest BCUT2D eigenvalue weighted by molar-refractivity contribution is 6.08. The first kappa shape index (κ1) is 26.1. The van der Waals surface area contributed by atoms with Crippen molar-refractivity contribution in [2.75, 3.05) is 19.1 Å². The highest BCUT2D eigenvalue weighted by atomic mass is 19.4. The largest absolute Gasteiger partial charge is 0.493 e. The zero-order chi connectivity index (χ0) is 26.6. The van der Waals surface area contributed by atoms with E-state index in [2.05, 4.69) is 5.32 Å². The van der Waals surface area contributed by atoms with Crippen molar-refractivity contribution in [2.45, 2.75) is 43.9 Å². The number of rotatable bonds is 8. The summed E-state index contributed by atoms with van der Waals surface area (Å²) in [7, 11) is 2.88. The molecule has 1 saturated carbocycles. The fraction of sp³-hybridized carbons (Fsp3) is 0.333. The van der Waals surface area contributed by atoms with Crippen LogP contribution in [0.15, 0.2) is 65.3 Å². The third-order valence-electron chi connectivity index (χ3n) is 6.33. The number of hydrogen-bond acceptors (Lipinski definition) is 5. The van der Waals surface area contributed by atoms with E-state index in [-0.39, 0.29) is 17.5 Å². The normalized spacial score (nSPS) is 14.7. The van der Waals surface area contributed by atoms with Gasteiger partial charge in [0.15, 0.2) is 17.3 Å². The number of amides is 2. The van der Waals surface area contributed by atoms with Gasteiger partial charge in [0, 0.05) is 11.7 Å². The molecule has 1 atom stereocenters. The van der Waals surface area contributed by atoms with E-state index in [0.29, 0.717) is 17.1 Å². The molecule has 2 amide bonds. The van der Waals surface area contributed by atoms with Crippen molar-refractivity contribution in [3.63, 3.8) is 0 Å². The van der Waals surface area contributed by atoms with E-state index in [1.165, 1.54) is 50.8 Å². The fourth-order valence-corrected chi connectivity index (χ4v) is 4.53. The number of alkyl halides is 3. The number of carbonyl (C=O) groups excluding carboxylic acids is 2. The van der Waals surface area contributed by atoms with E-state index in [0.717, 1.165) is 42.7 Å². The predicted molar refractivity (Wildman–Crippen MR) is 130 cm³/mol. The molecule has 1 heterocycles. The quantitative estimate of drug-likeness (QED) is 0.412. The van der Waals surface area contributed by atoms with Gasteiger partial charge in [-0.25, -0.2) is 0 Å². The van der Waals surface area contributed by atoms with E-state index in [1.807, 2.05) is 0 Å².